The van der Waals surface area contributed by atoms with Crippen LogP contribution in [0.2, 0.25) is 0 Å². The minimum absolute atomic E-state index is 0.218. The third-order valence-electron chi connectivity index (χ3n) is 4.84. The molecule has 0 aliphatic rings. The highest BCUT2D eigenvalue weighted by Gasteiger charge is 2.23. The number of hydrogen-bond acceptors (Lipinski definition) is 5. The second kappa shape index (κ2) is 10.2. The predicted octanol–water partition coefficient (Wildman–Crippen LogP) is 3.33. The number of primary amides is 1. The second-order valence-corrected chi connectivity index (χ2v) is 9.12. The van der Waals surface area contributed by atoms with Crippen molar-refractivity contribution in [1.29, 1.82) is 0 Å². The quantitative estimate of drug-likeness (QED) is 0.500. The summed E-state index contributed by atoms with van der Waals surface area (Å²) in [5.41, 5.74) is 7.50. The Hall–Kier alpha value is -3.85. The van der Waals surface area contributed by atoms with Crippen LogP contribution < -0.4 is 20.1 Å². The van der Waals surface area contributed by atoms with Gasteiger partial charge in [0.15, 0.2) is 6.61 Å². The molecule has 3 N–H and O–H groups in total. The first-order valence-electron chi connectivity index (χ1n) is 10.2. The lowest BCUT2D eigenvalue weighted by atomic mass is 10.2. The maximum atomic E-state index is 13.0. The number of anilines is 2. The molecule has 0 atom stereocenters. The van der Waals surface area contributed by atoms with Gasteiger partial charge < -0.3 is 15.8 Å². The van der Waals surface area contributed by atoms with Crippen molar-refractivity contribution in [3.63, 3.8) is 0 Å². The lowest BCUT2D eigenvalue weighted by Crippen LogP contribution is -2.30. The average molecular weight is 468 g/mol. The number of sulfonamides is 1. The Labute approximate surface area is 193 Å². The van der Waals surface area contributed by atoms with Crippen LogP contribution in [0.25, 0.3) is 0 Å². The lowest BCUT2D eigenvalue weighted by molar-refractivity contribution is -0.118. The van der Waals surface area contributed by atoms with Gasteiger partial charge in [0.05, 0.1) is 10.6 Å². The van der Waals surface area contributed by atoms with Gasteiger partial charge in [-0.3, -0.25) is 13.9 Å². The van der Waals surface area contributed by atoms with E-state index in [1.165, 1.54) is 16.4 Å². The van der Waals surface area contributed by atoms with E-state index >= 15 is 0 Å². The van der Waals surface area contributed by atoms with Gasteiger partial charge >= 0.3 is 0 Å². The van der Waals surface area contributed by atoms with Gasteiger partial charge in [-0.15, -0.1) is 0 Å². The number of aryl methyl sites for hydroxylation is 1. The molecule has 0 saturated carbocycles. The summed E-state index contributed by atoms with van der Waals surface area (Å²) in [7, 11) is -3.70. The van der Waals surface area contributed by atoms with Gasteiger partial charge in [-0.25, -0.2) is 8.42 Å². The summed E-state index contributed by atoms with van der Waals surface area (Å²) in [6.07, 6.45) is 0. The molecular weight excluding hydrogens is 442 g/mol. The van der Waals surface area contributed by atoms with Crippen molar-refractivity contribution >= 4 is 33.2 Å². The van der Waals surface area contributed by atoms with Gasteiger partial charge in [-0.1, -0.05) is 17.7 Å². The molecule has 3 rings (SSSR count). The van der Waals surface area contributed by atoms with Crippen molar-refractivity contribution in [3.05, 3.63) is 83.9 Å². The predicted molar refractivity (Wildman–Crippen MR) is 127 cm³/mol. The SMILES string of the molecule is CCN(c1ccc(OCC(=O)Nc2ccc(C(N)=O)cc2)cc1)S(=O)(=O)c1ccc(C)cc1. The molecule has 0 saturated heterocycles. The maximum absolute atomic E-state index is 13.0. The first-order valence-corrected chi connectivity index (χ1v) is 11.7. The molecule has 0 aromatic heterocycles. The number of nitrogens with zero attached hydrogens (tertiary/aromatic N) is 1. The molecule has 0 bridgehead atoms. The molecule has 3 aromatic carbocycles. The van der Waals surface area contributed by atoms with Crippen molar-refractivity contribution in [2.75, 3.05) is 22.8 Å². The van der Waals surface area contributed by atoms with E-state index in [0.717, 1.165) is 5.56 Å². The van der Waals surface area contributed by atoms with Crippen LogP contribution in [0, 0.1) is 6.92 Å². The summed E-state index contributed by atoms with van der Waals surface area (Å²) in [5, 5.41) is 2.66. The van der Waals surface area contributed by atoms with E-state index in [0.29, 0.717) is 22.7 Å². The summed E-state index contributed by atoms with van der Waals surface area (Å²) < 4.78 is 32.9. The van der Waals surface area contributed by atoms with Crippen LogP contribution in [-0.2, 0) is 14.8 Å². The molecule has 0 unspecified atom stereocenters. The Bertz CT molecular complexity index is 1220. The van der Waals surface area contributed by atoms with Crippen LogP contribution in [0.15, 0.2) is 77.7 Å². The number of hydrogen-bond donors (Lipinski definition) is 2. The van der Waals surface area contributed by atoms with Crippen LogP contribution in [0.3, 0.4) is 0 Å². The maximum Gasteiger partial charge on any atom is 0.264 e. The van der Waals surface area contributed by atoms with Crippen LogP contribution in [-0.4, -0.2) is 33.4 Å². The van der Waals surface area contributed by atoms with Crippen LogP contribution in [0.5, 0.6) is 5.75 Å². The van der Waals surface area contributed by atoms with Gasteiger partial charge in [0.2, 0.25) is 5.91 Å². The zero-order valence-corrected chi connectivity index (χ0v) is 19.1. The van der Waals surface area contributed by atoms with Gasteiger partial charge in [0, 0.05) is 17.8 Å². The minimum Gasteiger partial charge on any atom is -0.484 e. The van der Waals surface area contributed by atoms with E-state index in [4.69, 9.17) is 10.5 Å². The molecule has 8 nitrogen and oxygen atoms in total. The van der Waals surface area contributed by atoms with Gasteiger partial charge in [0.25, 0.3) is 15.9 Å². The van der Waals surface area contributed by atoms with Crippen molar-refractivity contribution in [3.8, 4) is 5.75 Å². The Kier molecular flexibility index (Phi) is 7.34. The third kappa shape index (κ3) is 5.89. The van der Waals surface area contributed by atoms with Gasteiger partial charge in [-0.2, -0.15) is 0 Å². The molecular formula is C24H25N3O5S. The molecule has 0 heterocycles. The fourth-order valence-electron chi connectivity index (χ4n) is 3.10. The van der Waals surface area contributed by atoms with Crippen molar-refractivity contribution in [1.82, 2.24) is 0 Å². The Morgan fingerprint density at radius 3 is 2.09 bits per heavy atom. The van der Waals surface area contributed by atoms with Gasteiger partial charge in [-0.05, 0) is 74.5 Å². The number of carbonyl (C=O) groups excluding carboxylic acids is 2. The zero-order valence-electron chi connectivity index (χ0n) is 18.3. The van der Waals surface area contributed by atoms with Crippen LogP contribution in [0.1, 0.15) is 22.8 Å². The summed E-state index contributed by atoms with van der Waals surface area (Å²) in [6.45, 7) is 3.67. The highest BCUT2D eigenvalue weighted by atomic mass is 32.2. The molecule has 0 aliphatic carbocycles. The minimum atomic E-state index is -3.70. The number of amides is 2. The second-order valence-electron chi connectivity index (χ2n) is 7.26. The molecule has 172 valence electrons. The highest BCUT2D eigenvalue weighted by molar-refractivity contribution is 7.92. The van der Waals surface area contributed by atoms with Gasteiger partial charge in [0.1, 0.15) is 5.75 Å². The molecule has 0 spiro atoms. The molecule has 9 heteroatoms. The number of nitrogens with one attached hydrogen (secondary N) is 1. The van der Waals surface area contributed by atoms with Crippen LogP contribution >= 0.6 is 0 Å². The molecule has 0 aliphatic heterocycles. The van der Waals surface area contributed by atoms with Crippen molar-refractivity contribution in [2.45, 2.75) is 18.7 Å². The molecule has 0 fully saturated rings. The topological polar surface area (TPSA) is 119 Å². The smallest absolute Gasteiger partial charge is 0.264 e. The largest absolute Gasteiger partial charge is 0.484 e. The zero-order chi connectivity index (χ0) is 24.0. The van der Waals surface area contributed by atoms with Crippen molar-refractivity contribution < 1.29 is 22.7 Å². The summed E-state index contributed by atoms with van der Waals surface area (Å²) in [4.78, 5) is 23.4. The van der Waals surface area contributed by atoms with E-state index in [9.17, 15) is 18.0 Å². The van der Waals surface area contributed by atoms with Crippen LogP contribution in [0.4, 0.5) is 11.4 Å². The number of ether oxygens (including phenoxy) is 1. The number of benzene rings is 3. The summed E-state index contributed by atoms with van der Waals surface area (Å²) in [6, 6.07) is 19.3. The Morgan fingerprint density at radius 2 is 1.55 bits per heavy atom. The van der Waals surface area contributed by atoms with Crippen molar-refractivity contribution in [2.24, 2.45) is 5.73 Å². The highest BCUT2D eigenvalue weighted by Crippen LogP contribution is 2.26. The fraction of sp³-hybridized carbons (Fsp3) is 0.167. The number of carbonyl (C=O) groups is 2. The fourth-order valence-corrected chi connectivity index (χ4v) is 4.57. The average Bonchev–Trinajstić information content (AvgIpc) is 2.79. The first-order chi connectivity index (χ1) is 15.7. The van der Waals surface area contributed by atoms with E-state index in [1.54, 1.807) is 67.6 Å². The summed E-state index contributed by atoms with van der Waals surface area (Å²) >= 11 is 0. The molecule has 3 aromatic rings. The standard InChI is InChI=1S/C24H25N3O5S/c1-3-27(33(30,31)22-14-4-17(2)5-15-22)20-10-12-21(13-11-20)32-16-23(28)26-19-8-6-18(7-9-19)24(25)29/h4-15H,3,16H2,1-2H3,(H2,25,29)(H,26,28). The Morgan fingerprint density at radius 1 is 0.939 bits per heavy atom. The van der Waals surface area contributed by atoms with E-state index in [2.05, 4.69) is 5.32 Å². The Balaban J connectivity index is 1.62. The molecule has 33 heavy (non-hydrogen) atoms. The first kappa shape index (κ1) is 23.8. The third-order valence-corrected chi connectivity index (χ3v) is 6.76. The lowest BCUT2D eigenvalue weighted by Gasteiger charge is -2.23. The molecule has 2 amide bonds. The molecule has 0 radical (unpaired) electrons. The van der Waals surface area contributed by atoms with E-state index in [-0.39, 0.29) is 24.0 Å². The van der Waals surface area contributed by atoms with E-state index in [1.807, 2.05) is 6.92 Å². The monoisotopic (exact) mass is 467 g/mol. The number of nitrogens with two attached hydrogens (primary N) is 1. The normalized spacial score (nSPS) is 11.0. The number of rotatable bonds is 9. The summed E-state index contributed by atoms with van der Waals surface area (Å²) in [5.74, 6) is -0.516. The van der Waals surface area contributed by atoms with E-state index < -0.39 is 15.9 Å².